The molecule has 0 spiro atoms. The second kappa shape index (κ2) is 7.79. The van der Waals surface area contributed by atoms with Gasteiger partial charge in [-0.1, -0.05) is 29.8 Å². The number of rotatable bonds is 3. The molecule has 2 aliphatic heterocycles. The van der Waals surface area contributed by atoms with Gasteiger partial charge in [-0.15, -0.1) is 0 Å². The first-order valence-electron chi connectivity index (χ1n) is 8.59. The van der Waals surface area contributed by atoms with Gasteiger partial charge in [-0.3, -0.25) is 9.89 Å². The van der Waals surface area contributed by atoms with Crippen molar-refractivity contribution in [1.29, 1.82) is 0 Å². The maximum absolute atomic E-state index is 5.46. The van der Waals surface area contributed by atoms with Gasteiger partial charge in [0.05, 0.1) is 13.2 Å². The van der Waals surface area contributed by atoms with E-state index in [1.807, 2.05) is 7.05 Å². The van der Waals surface area contributed by atoms with Gasteiger partial charge < -0.3 is 15.0 Å². The van der Waals surface area contributed by atoms with E-state index in [2.05, 4.69) is 51.3 Å². The minimum atomic E-state index is 0.636. The van der Waals surface area contributed by atoms with Gasteiger partial charge in [0.15, 0.2) is 5.96 Å². The van der Waals surface area contributed by atoms with Gasteiger partial charge in [0.25, 0.3) is 0 Å². The van der Waals surface area contributed by atoms with Crippen molar-refractivity contribution in [2.24, 2.45) is 4.99 Å². The monoisotopic (exact) mass is 316 g/mol. The first-order valence-corrected chi connectivity index (χ1v) is 8.59. The van der Waals surface area contributed by atoms with Crippen molar-refractivity contribution in [1.82, 2.24) is 15.1 Å². The number of nitrogens with zero attached hydrogens (tertiary/aromatic N) is 3. The van der Waals surface area contributed by atoms with E-state index in [0.717, 1.165) is 51.9 Å². The van der Waals surface area contributed by atoms with Crippen LogP contribution < -0.4 is 5.32 Å². The van der Waals surface area contributed by atoms with Gasteiger partial charge in [0, 0.05) is 45.8 Å². The van der Waals surface area contributed by atoms with E-state index >= 15 is 0 Å². The van der Waals surface area contributed by atoms with Crippen LogP contribution in [0.15, 0.2) is 29.3 Å². The number of hydrogen-bond donors (Lipinski definition) is 1. The van der Waals surface area contributed by atoms with Crippen molar-refractivity contribution < 1.29 is 4.74 Å². The molecular formula is C18H28N4O. The highest BCUT2D eigenvalue weighted by Gasteiger charge is 2.30. The Labute approximate surface area is 139 Å². The summed E-state index contributed by atoms with van der Waals surface area (Å²) >= 11 is 0. The Morgan fingerprint density at radius 2 is 2.13 bits per heavy atom. The molecule has 0 bridgehead atoms. The van der Waals surface area contributed by atoms with Crippen LogP contribution in [0.25, 0.3) is 0 Å². The van der Waals surface area contributed by atoms with Crippen molar-refractivity contribution >= 4 is 5.96 Å². The molecule has 0 saturated carbocycles. The minimum absolute atomic E-state index is 0.636. The Balaban J connectivity index is 1.53. The van der Waals surface area contributed by atoms with Crippen molar-refractivity contribution in [2.75, 3.05) is 46.4 Å². The Hall–Kier alpha value is -1.59. The largest absolute Gasteiger partial charge is 0.379 e. The Morgan fingerprint density at radius 1 is 1.30 bits per heavy atom. The molecule has 0 aromatic heterocycles. The fourth-order valence-electron chi connectivity index (χ4n) is 3.51. The van der Waals surface area contributed by atoms with E-state index in [1.165, 1.54) is 17.5 Å². The molecule has 23 heavy (non-hydrogen) atoms. The van der Waals surface area contributed by atoms with E-state index in [9.17, 15) is 0 Å². The number of likely N-dealkylation sites (tertiary alicyclic amines) is 1. The molecule has 0 amide bonds. The number of aryl methyl sites for hydroxylation is 1. The van der Waals surface area contributed by atoms with Gasteiger partial charge >= 0.3 is 0 Å². The third kappa shape index (κ3) is 4.24. The molecule has 1 N–H and O–H groups in total. The zero-order valence-corrected chi connectivity index (χ0v) is 14.3. The zero-order valence-electron chi connectivity index (χ0n) is 14.3. The van der Waals surface area contributed by atoms with Gasteiger partial charge in [0.1, 0.15) is 0 Å². The van der Waals surface area contributed by atoms with Crippen LogP contribution in [0.2, 0.25) is 0 Å². The van der Waals surface area contributed by atoms with Crippen LogP contribution in [0.4, 0.5) is 0 Å². The zero-order chi connectivity index (χ0) is 16.1. The first kappa shape index (κ1) is 16.3. The molecule has 1 atom stereocenters. The molecule has 1 aromatic carbocycles. The molecule has 2 aliphatic rings. The summed E-state index contributed by atoms with van der Waals surface area (Å²) < 4.78 is 5.46. The Kier molecular flexibility index (Phi) is 5.51. The Bertz CT molecular complexity index is 540. The maximum atomic E-state index is 5.46. The second-order valence-corrected chi connectivity index (χ2v) is 6.43. The summed E-state index contributed by atoms with van der Waals surface area (Å²) in [6, 6.07) is 9.26. The predicted molar refractivity (Wildman–Crippen MR) is 93.7 cm³/mol. The van der Waals surface area contributed by atoms with Crippen LogP contribution in [-0.2, 0) is 11.3 Å². The van der Waals surface area contributed by atoms with Crippen molar-refractivity contribution in [3.63, 3.8) is 0 Å². The van der Waals surface area contributed by atoms with E-state index < -0.39 is 0 Å². The number of hydrogen-bond acceptors (Lipinski definition) is 3. The SMILES string of the molecule is CN=C(NCc1cccc(C)c1)N1CCC(N2CCOCC2)C1. The molecule has 2 heterocycles. The van der Waals surface area contributed by atoms with Crippen molar-refractivity contribution in [2.45, 2.75) is 25.9 Å². The summed E-state index contributed by atoms with van der Waals surface area (Å²) in [5.74, 6) is 1.02. The summed E-state index contributed by atoms with van der Waals surface area (Å²) in [5.41, 5.74) is 2.60. The fourth-order valence-corrected chi connectivity index (χ4v) is 3.51. The molecule has 5 heteroatoms. The highest BCUT2D eigenvalue weighted by molar-refractivity contribution is 5.80. The van der Waals surface area contributed by atoms with E-state index in [0.29, 0.717) is 6.04 Å². The van der Waals surface area contributed by atoms with Gasteiger partial charge in [-0.2, -0.15) is 0 Å². The van der Waals surface area contributed by atoms with Crippen LogP contribution in [0.3, 0.4) is 0 Å². The lowest BCUT2D eigenvalue weighted by Crippen LogP contribution is -2.46. The standard InChI is InChI=1S/C18H28N4O/c1-15-4-3-5-16(12-15)13-20-18(19-2)22-7-6-17(14-22)21-8-10-23-11-9-21/h3-5,12,17H,6-11,13-14H2,1-2H3,(H,19,20). The van der Waals surface area contributed by atoms with Crippen LogP contribution >= 0.6 is 0 Å². The number of aliphatic imine (C=N–C) groups is 1. The molecule has 2 saturated heterocycles. The predicted octanol–water partition coefficient (Wildman–Crippen LogP) is 1.48. The third-order valence-corrected chi connectivity index (χ3v) is 4.77. The smallest absolute Gasteiger partial charge is 0.193 e. The van der Waals surface area contributed by atoms with Crippen LogP contribution in [-0.4, -0.2) is 68.2 Å². The second-order valence-electron chi connectivity index (χ2n) is 6.43. The first-order chi connectivity index (χ1) is 11.3. The topological polar surface area (TPSA) is 40.1 Å². The molecular weight excluding hydrogens is 288 g/mol. The van der Waals surface area contributed by atoms with Crippen molar-refractivity contribution in [3.05, 3.63) is 35.4 Å². The molecule has 5 nitrogen and oxygen atoms in total. The highest BCUT2D eigenvalue weighted by atomic mass is 16.5. The minimum Gasteiger partial charge on any atom is -0.379 e. The van der Waals surface area contributed by atoms with Gasteiger partial charge in [-0.05, 0) is 18.9 Å². The maximum Gasteiger partial charge on any atom is 0.193 e. The average molecular weight is 316 g/mol. The summed E-state index contributed by atoms with van der Waals surface area (Å²) in [4.78, 5) is 9.43. The fraction of sp³-hybridized carbons (Fsp3) is 0.611. The molecule has 2 fully saturated rings. The molecule has 0 radical (unpaired) electrons. The number of guanidine groups is 1. The quantitative estimate of drug-likeness (QED) is 0.677. The molecule has 0 aliphatic carbocycles. The van der Waals surface area contributed by atoms with Gasteiger partial charge in [-0.25, -0.2) is 0 Å². The van der Waals surface area contributed by atoms with Crippen LogP contribution in [0, 0.1) is 6.92 Å². The molecule has 3 rings (SSSR count). The summed E-state index contributed by atoms with van der Waals surface area (Å²) in [5, 5.41) is 3.51. The van der Waals surface area contributed by atoms with E-state index in [4.69, 9.17) is 4.74 Å². The summed E-state index contributed by atoms with van der Waals surface area (Å²) in [6.07, 6.45) is 1.21. The Morgan fingerprint density at radius 3 is 2.87 bits per heavy atom. The van der Waals surface area contributed by atoms with Crippen LogP contribution in [0.1, 0.15) is 17.5 Å². The molecule has 126 valence electrons. The third-order valence-electron chi connectivity index (χ3n) is 4.77. The molecule has 1 unspecified atom stereocenters. The van der Waals surface area contributed by atoms with Crippen molar-refractivity contribution in [3.8, 4) is 0 Å². The average Bonchev–Trinajstić information content (AvgIpc) is 3.06. The lowest BCUT2D eigenvalue weighted by molar-refractivity contribution is 0.0195. The lowest BCUT2D eigenvalue weighted by Gasteiger charge is -2.32. The molecule has 1 aromatic rings. The number of morpholine rings is 1. The summed E-state index contributed by atoms with van der Waals surface area (Å²) in [7, 11) is 1.88. The normalized spacial score (nSPS) is 23.3. The number of benzene rings is 1. The van der Waals surface area contributed by atoms with Crippen LogP contribution in [0.5, 0.6) is 0 Å². The number of ether oxygens (including phenoxy) is 1. The summed E-state index contributed by atoms with van der Waals surface area (Å²) in [6.45, 7) is 8.97. The number of nitrogens with one attached hydrogen (secondary N) is 1. The lowest BCUT2D eigenvalue weighted by atomic mass is 10.1. The van der Waals surface area contributed by atoms with Gasteiger partial charge in [0.2, 0.25) is 0 Å². The van der Waals surface area contributed by atoms with E-state index in [-0.39, 0.29) is 0 Å². The highest BCUT2D eigenvalue weighted by Crippen LogP contribution is 2.17. The van der Waals surface area contributed by atoms with E-state index in [1.54, 1.807) is 0 Å².